The molecule has 0 radical (unpaired) electrons. The lowest BCUT2D eigenvalue weighted by molar-refractivity contribution is -0.657. The Morgan fingerprint density at radius 1 is 0.452 bits per heavy atom. The smallest absolute Gasteiger partial charge is 0.322 e. The van der Waals surface area contributed by atoms with Crippen LogP contribution in [0.3, 0.4) is 0 Å². The molecule has 4 nitrogen and oxygen atoms in total. The molecule has 0 saturated carbocycles. The van der Waals surface area contributed by atoms with Crippen molar-refractivity contribution >= 4 is 41.4 Å². The molecule has 5 aromatic carbocycles. The predicted octanol–water partition coefficient (Wildman–Crippen LogP) is 8.58. The van der Waals surface area contributed by atoms with Gasteiger partial charge in [0.05, 0.1) is 13.2 Å². The van der Waals surface area contributed by atoms with Gasteiger partial charge in [-0.3, -0.25) is 0 Å². The van der Waals surface area contributed by atoms with Crippen LogP contribution in [0.2, 0.25) is 0 Å². The molecule has 0 amide bonds. The fourth-order valence-corrected chi connectivity index (χ4v) is 6.74. The number of benzene rings is 5. The zero-order valence-corrected chi connectivity index (χ0v) is 23.7. The maximum absolute atomic E-state index is 2.53. The number of aryl methyl sites for hydroxylation is 2. The Balaban J connectivity index is 1.56. The Morgan fingerprint density at radius 2 is 0.952 bits per heavy atom. The largest absolute Gasteiger partial charge is 0.643 e. The minimum absolute atomic E-state index is 0.228. The summed E-state index contributed by atoms with van der Waals surface area (Å²) < 4.78 is 2.26. The fourth-order valence-electron chi connectivity index (χ4n) is 6.74. The summed E-state index contributed by atoms with van der Waals surface area (Å²) in [6, 6.07) is 50.5. The van der Waals surface area contributed by atoms with E-state index in [0.29, 0.717) is 0 Å². The Bertz CT molecular complexity index is 1950. The van der Waals surface area contributed by atoms with Crippen LogP contribution in [0, 0.1) is 6.92 Å². The summed E-state index contributed by atoms with van der Waals surface area (Å²) in [6.07, 6.45) is 2.15. The van der Waals surface area contributed by atoms with E-state index >= 15 is 0 Å². The second-order valence-electron chi connectivity index (χ2n) is 11.0. The number of fused-ring (bicyclic) bond motifs is 9. The highest BCUT2D eigenvalue weighted by atomic mass is 15.4. The third-order valence-electron chi connectivity index (χ3n) is 8.55. The lowest BCUT2D eigenvalue weighted by Crippen LogP contribution is -2.57. The van der Waals surface area contributed by atoms with E-state index in [9.17, 15) is 0 Å². The van der Waals surface area contributed by atoms with Crippen LogP contribution < -0.4 is 19.0 Å². The van der Waals surface area contributed by atoms with Crippen LogP contribution in [0.1, 0.15) is 5.56 Å². The molecule has 8 rings (SSSR count). The van der Waals surface area contributed by atoms with Gasteiger partial charge in [-0.25, -0.2) is 9.38 Å². The van der Waals surface area contributed by atoms with Crippen molar-refractivity contribution in [3.8, 4) is 22.3 Å². The summed E-state index contributed by atoms with van der Waals surface area (Å²) in [5.41, 5.74) is 11.9. The van der Waals surface area contributed by atoms with Gasteiger partial charge in [0.2, 0.25) is 0 Å². The van der Waals surface area contributed by atoms with Gasteiger partial charge in [-0.05, 0) is 66.1 Å². The maximum Gasteiger partial charge on any atom is 0.643 e. The van der Waals surface area contributed by atoms with Gasteiger partial charge in [0.15, 0.2) is 0 Å². The maximum atomic E-state index is 2.53. The standard InChI is InChI=1S/C37H30BN4/c1-27-15-6-11-22-33(27)42-37-36(25-14-26-39(37)2)41-35-24-13-10-21-32(35)30-19-8-7-18-29(30)31-20-9-12-23-34(31)40(38(41)42)28-16-4-3-5-17-28/h3-26H,1-2H3/q+1. The van der Waals surface area contributed by atoms with Gasteiger partial charge >= 0.3 is 7.12 Å². The molecule has 6 aromatic rings. The molecule has 0 spiro atoms. The minimum atomic E-state index is -0.228. The average molecular weight is 541 g/mol. The number of pyridine rings is 1. The van der Waals surface area contributed by atoms with Gasteiger partial charge in [-0.2, -0.15) is 0 Å². The zero-order chi connectivity index (χ0) is 28.2. The molecule has 0 unspecified atom stereocenters. The molecule has 3 heterocycles. The SMILES string of the molecule is Cc1ccccc1N1B2N(c3ccccc3)c3ccccc3-c3ccccc3-c3ccccc3N2c2ccc[n+](C)c21. The van der Waals surface area contributed by atoms with E-state index in [1.807, 2.05) is 0 Å². The topological polar surface area (TPSA) is 13.6 Å². The van der Waals surface area contributed by atoms with Gasteiger partial charge in [0.25, 0.3) is 5.82 Å². The van der Waals surface area contributed by atoms with Gasteiger partial charge in [0.1, 0.15) is 11.4 Å². The third-order valence-corrected chi connectivity index (χ3v) is 8.55. The Morgan fingerprint density at radius 3 is 1.60 bits per heavy atom. The van der Waals surface area contributed by atoms with Crippen LogP contribution in [-0.2, 0) is 7.05 Å². The van der Waals surface area contributed by atoms with E-state index in [4.69, 9.17) is 0 Å². The molecule has 0 aliphatic carbocycles. The van der Waals surface area contributed by atoms with Crippen molar-refractivity contribution < 1.29 is 4.57 Å². The van der Waals surface area contributed by atoms with Crippen LogP contribution in [-0.4, -0.2) is 7.12 Å². The summed E-state index contributed by atoms with van der Waals surface area (Å²) in [5, 5.41) is 0. The molecule has 0 N–H and O–H groups in total. The van der Waals surface area contributed by atoms with Gasteiger partial charge in [0, 0.05) is 28.2 Å². The summed E-state index contributed by atoms with van der Waals surface area (Å²) in [4.78, 5) is 7.56. The highest BCUT2D eigenvalue weighted by Gasteiger charge is 2.58. The average Bonchev–Trinajstić information content (AvgIpc) is 3.39. The highest BCUT2D eigenvalue weighted by molar-refractivity contribution is 6.77. The second kappa shape index (κ2) is 9.67. The molecule has 2 aliphatic heterocycles. The van der Waals surface area contributed by atoms with Crippen LogP contribution in [0.15, 0.2) is 146 Å². The van der Waals surface area contributed by atoms with E-state index in [0.717, 1.165) is 17.2 Å². The molecule has 200 valence electrons. The van der Waals surface area contributed by atoms with E-state index < -0.39 is 0 Å². The van der Waals surface area contributed by atoms with Gasteiger partial charge in [-0.1, -0.05) is 97.1 Å². The number of aromatic nitrogens is 1. The molecule has 0 saturated heterocycles. The predicted molar refractivity (Wildman–Crippen MR) is 175 cm³/mol. The summed E-state index contributed by atoms with van der Waals surface area (Å²) in [6.45, 7) is 2.21. The second-order valence-corrected chi connectivity index (χ2v) is 11.0. The van der Waals surface area contributed by atoms with Gasteiger partial charge < -0.3 is 9.62 Å². The molecule has 2 aliphatic rings. The molecule has 1 aromatic heterocycles. The Labute approximate surface area is 247 Å². The summed E-state index contributed by atoms with van der Waals surface area (Å²) in [5.74, 6) is 1.15. The summed E-state index contributed by atoms with van der Waals surface area (Å²) in [7, 11) is 1.92. The molecule has 0 fully saturated rings. The van der Waals surface area contributed by atoms with E-state index in [-0.39, 0.29) is 7.12 Å². The van der Waals surface area contributed by atoms with Crippen LogP contribution in [0.4, 0.5) is 34.3 Å². The first-order valence-corrected chi connectivity index (χ1v) is 14.5. The Hall–Kier alpha value is -5.29. The normalized spacial score (nSPS) is 13.3. The monoisotopic (exact) mass is 541 g/mol. The van der Waals surface area contributed by atoms with Crippen molar-refractivity contribution in [2.45, 2.75) is 6.92 Å². The molecule has 5 heteroatoms. The number of hydrogen-bond donors (Lipinski definition) is 0. The van der Waals surface area contributed by atoms with E-state index in [1.54, 1.807) is 0 Å². The van der Waals surface area contributed by atoms with E-state index in [1.165, 1.54) is 44.9 Å². The van der Waals surface area contributed by atoms with Crippen molar-refractivity contribution in [2.75, 3.05) is 14.4 Å². The van der Waals surface area contributed by atoms with Crippen molar-refractivity contribution in [1.82, 2.24) is 0 Å². The van der Waals surface area contributed by atoms with Gasteiger partial charge in [-0.15, -0.1) is 0 Å². The zero-order valence-electron chi connectivity index (χ0n) is 23.7. The number of nitrogens with zero attached hydrogens (tertiary/aromatic N) is 4. The quantitative estimate of drug-likeness (QED) is 0.161. The molecular weight excluding hydrogens is 511 g/mol. The van der Waals surface area contributed by atoms with Crippen molar-refractivity contribution in [2.24, 2.45) is 7.05 Å². The third kappa shape index (κ3) is 3.60. The van der Waals surface area contributed by atoms with Crippen molar-refractivity contribution in [3.05, 3.63) is 151 Å². The first-order valence-electron chi connectivity index (χ1n) is 14.5. The molecule has 42 heavy (non-hydrogen) atoms. The fraction of sp³-hybridized carbons (Fsp3) is 0.0541. The number of anilines is 6. The minimum Gasteiger partial charge on any atom is -0.322 e. The van der Waals surface area contributed by atoms with Crippen LogP contribution in [0.5, 0.6) is 0 Å². The number of rotatable bonds is 2. The molecule has 0 atom stereocenters. The van der Waals surface area contributed by atoms with Crippen LogP contribution >= 0.6 is 0 Å². The number of para-hydroxylation sites is 4. The highest BCUT2D eigenvalue weighted by Crippen LogP contribution is 2.53. The van der Waals surface area contributed by atoms with Crippen molar-refractivity contribution in [3.63, 3.8) is 0 Å². The van der Waals surface area contributed by atoms with Crippen LogP contribution in [0.25, 0.3) is 22.3 Å². The summed E-state index contributed by atoms with van der Waals surface area (Å²) >= 11 is 0. The first kappa shape index (κ1) is 24.5. The molecule has 0 bridgehead atoms. The van der Waals surface area contributed by atoms with Crippen molar-refractivity contribution in [1.29, 1.82) is 0 Å². The number of hydrogen-bond acceptors (Lipinski definition) is 3. The lowest BCUT2D eigenvalue weighted by atomic mass is 9.81. The molecular formula is C37H30BN4+. The lowest BCUT2D eigenvalue weighted by Gasteiger charge is -2.35. The van der Waals surface area contributed by atoms with E-state index in [2.05, 4.69) is 179 Å². The Kier molecular flexibility index (Phi) is 5.64. The first-order chi connectivity index (χ1) is 20.7.